The molecule has 0 bridgehead atoms. The second-order valence-corrected chi connectivity index (χ2v) is 8.45. The molecule has 0 saturated carbocycles. The van der Waals surface area contributed by atoms with E-state index in [0.717, 1.165) is 37.6 Å². The molecular weight excluding hydrogens is 489 g/mol. The summed E-state index contributed by atoms with van der Waals surface area (Å²) in [4.78, 5) is 19.7. The van der Waals surface area contributed by atoms with Crippen molar-refractivity contribution in [2.24, 2.45) is 10.9 Å². The number of guanidine groups is 1. The first kappa shape index (κ1) is 26.7. The monoisotopic (exact) mass is 529 g/mol. The zero-order valence-electron chi connectivity index (χ0n) is 19.4. The van der Waals surface area contributed by atoms with Gasteiger partial charge in [0.15, 0.2) is 5.96 Å². The van der Waals surface area contributed by atoms with Crippen molar-refractivity contribution < 1.29 is 4.79 Å². The molecule has 1 aromatic rings. The third-order valence-corrected chi connectivity index (χ3v) is 5.64. The molecule has 1 heterocycles. The molecule has 0 aliphatic carbocycles. The van der Waals surface area contributed by atoms with Crippen molar-refractivity contribution in [3.8, 4) is 0 Å². The van der Waals surface area contributed by atoms with Gasteiger partial charge in [-0.3, -0.25) is 9.69 Å². The van der Waals surface area contributed by atoms with Gasteiger partial charge in [-0.15, -0.1) is 24.0 Å². The molecular formula is C23H40IN5O. The van der Waals surface area contributed by atoms with Crippen LogP contribution in [-0.2, 0) is 6.54 Å². The lowest BCUT2D eigenvalue weighted by Crippen LogP contribution is -2.46. The molecule has 3 N–H and O–H groups in total. The van der Waals surface area contributed by atoms with Crippen molar-refractivity contribution in [1.82, 2.24) is 20.9 Å². The van der Waals surface area contributed by atoms with E-state index in [1.807, 2.05) is 31.2 Å². The molecule has 1 saturated heterocycles. The molecule has 6 nitrogen and oxygen atoms in total. The van der Waals surface area contributed by atoms with E-state index in [0.29, 0.717) is 30.1 Å². The molecule has 7 heteroatoms. The first-order chi connectivity index (χ1) is 13.8. The van der Waals surface area contributed by atoms with Crippen LogP contribution in [0.5, 0.6) is 0 Å². The third kappa shape index (κ3) is 8.06. The van der Waals surface area contributed by atoms with Crippen LogP contribution in [0, 0.1) is 5.92 Å². The van der Waals surface area contributed by atoms with Gasteiger partial charge in [-0.05, 0) is 57.7 Å². The number of nitrogens with one attached hydrogen (secondary N) is 3. The Bertz CT molecular complexity index is 694. The molecule has 2 rings (SSSR count). The van der Waals surface area contributed by atoms with E-state index in [1.54, 1.807) is 0 Å². The van der Waals surface area contributed by atoms with Crippen LogP contribution in [0.15, 0.2) is 29.3 Å². The van der Waals surface area contributed by atoms with Gasteiger partial charge in [0.2, 0.25) is 0 Å². The van der Waals surface area contributed by atoms with Crippen molar-refractivity contribution in [3.63, 3.8) is 0 Å². The maximum Gasteiger partial charge on any atom is 0.251 e. The Labute approximate surface area is 199 Å². The summed E-state index contributed by atoms with van der Waals surface area (Å²) in [6, 6.07) is 8.86. The van der Waals surface area contributed by atoms with E-state index in [-0.39, 0.29) is 35.9 Å². The quantitative estimate of drug-likeness (QED) is 0.274. The average Bonchev–Trinajstić information content (AvgIpc) is 3.07. The van der Waals surface area contributed by atoms with Crippen LogP contribution in [0.2, 0.25) is 0 Å². The first-order valence-electron chi connectivity index (χ1n) is 11.0. The smallest absolute Gasteiger partial charge is 0.251 e. The molecule has 1 amide bonds. The van der Waals surface area contributed by atoms with Gasteiger partial charge in [0.05, 0.1) is 6.54 Å². The van der Waals surface area contributed by atoms with E-state index in [4.69, 9.17) is 4.99 Å². The van der Waals surface area contributed by atoms with Crippen molar-refractivity contribution in [3.05, 3.63) is 35.4 Å². The molecule has 1 fully saturated rings. The molecule has 0 spiro atoms. The van der Waals surface area contributed by atoms with E-state index in [9.17, 15) is 4.79 Å². The molecule has 1 aliphatic rings. The fourth-order valence-corrected chi connectivity index (χ4v) is 3.50. The molecule has 1 aliphatic heterocycles. The highest BCUT2D eigenvalue weighted by molar-refractivity contribution is 14.0. The van der Waals surface area contributed by atoms with Gasteiger partial charge in [-0.1, -0.05) is 26.0 Å². The van der Waals surface area contributed by atoms with Crippen molar-refractivity contribution in [1.29, 1.82) is 0 Å². The Morgan fingerprint density at radius 1 is 1.23 bits per heavy atom. The number of halogens is 1. The standard InChI is InChI=1S/C23H39N5O.HI/c1-7-18(6)26-22(29)20-11-9-10-19(12-20)13-25-23(24-8-2)27-21-15-28(16(3)4)14-17(21)5;/h9-12,16-18,21H,7-8,13-15H2,1-6H3,(H,26,29)(H2,24,25,27);1H. The van der Waals surface area contributed by atoms with Crippen molar-refractivity contribution >= 4 is 35.8 Å². The largest absolute Gasteiger partial charge is 0.357 e. The molecule has 1 aromatic carbocycles. The number of amides is 1. The summed E-state index contributed by atoms with van der Waals surface area (Å²) in [5, 5.41) is 9.99. The lowest BCUT2D eigenvalue weighted by atomic mass is 10.1. The number of carbonyl (C=O) groups is 1. The summed E-state index contributed by atoms with van der Waals surface area (Å²) in [5.41, 5.74) is 1.72. The van der Waals surface area contributed by atoms with Gasteiger partial charge in [-0.2, -0.15) is 0 Å². The number of carbonyl (C=O) groups excluding carboxylic acids is 1. The summed E-state index contributed by atoms with van der Waals surface area (Å²) < 4.78 is 0. The van der Waals surface area contributed by atoms with Crippen LogP contribution < -0.4 is 16.0 Å². The molecule has 170 valence electrons. The topological polar surface area (TPSA) is 68.8 Å². The minimum atomic E-state index is -0.0243. The minimum absolute atomic E-state index is 0. The van der Waals surface area contributed by atoms with Gasteiger partial charge in [0.25, 0.3) is 5.91 Å². The Morgan fingerprint density at radius 3 is 2.57 bits per heavy atom. The third-order valence-electron chi connectivity index (χ3n) is 5.64. The van der Waals surface area contributed by atoms with Gasteiger partial charge >= 0.3 is 0 Å². The Morgan fingerprint density at radius 2 is 1.97 bits per heavy atom. The highest BCUT2D eigenvalue weighted by Gasteiger charge is 2.31. The maximum atomic E-state index is 12.4. The summed E-state index contributed by atoms with van der Waals surface area (Å²) >= 11 is 0. The second kappa shape index (κ2) is 13.1. The Hall–Kier alpha value is -1.35. The van der Waals surface area contributed by atoms with Gasteiger partial charge in [0, 0.05) is 43.3 Å². The Kier molecular flexibility index (Phi) is 11.7. The summed E-state index contributed by atoms with van der Waals surface area (Å²) in [7, 11) is 0. The van der Waals surface area contributed by atoms with E-state index in [1.165, 1.54) is 0 Å². The molecule has 3 unspecified atom stereocenters. The van der Waals surface area contributed by atoms with Gasteiger partial charge < -0.3 is 16.0 Å². The molecule has 3 atom stereocenters. The highest BCUT2D eigenvalue weighted by atomic mass is 127. The highest BCUT2D eigenvalue weighted by Crippen LogP contribution is 2.18. The lowest BCUT2D eigenvalue weighted by Gasteiger charge is -2.22. The lowest BCUT2D eigenvalue weighted by molar-refractivity contribution is 0.0939. The SMILES string of the molecule is CCNC(=NCc1cccc(C(=O)NC(C)CC)c1)NC1CN(C(C)C)CC1C.I. The molecule has 0 radical (unpaired) electrons. The van der Waals surface area contributed by atoms with Crippen molar-refractivity contribution in [2.45, 2.75) is 72.6 Å². The van der Waals surface area contributed by atoms with Crippen LogP contribution in [0.4, 0.5) is 0 Å². The molecule has 0 aromatic heterocycles. The second-order valence-electron chi connectivity index (χ2n) is 8.45. The fraction of sp³-hybridized carbons (Fsp3) is 0.652. The van der Waals surface area contributed by atoms with E-state index < -0.39 is 0 Å². The van der Waals surface area contributed by atoms with Gasteiger partial charge in [-0.25, -0.2) is 4.99 Å². The maximum absolute atomic E-state index is 12.4. The number of rotatable bonds is 8. The first-order valence-corrected chi connectivity index (χ1v) is 11.0. The summed E-state index contributed by atoms with van der Waals surface area (Å²) in [6.45, 7) is 16.5. The number of hydrogen-bond acceptors (Lipinski definition) is 3. The number of likely N-dealkylation sites (tertiary alicyclic amines) is 1. The predicted molar refractivity (Wildman–Crippen MR) is 137 cm³/mol. The zero-order valence-corrected chi connectivity index (χ0v) is 21.7. The van der Waals surface area contributed by atoms with Crippen LogP contribution in [0.25, 0.3) is 0 Å². The van der Waals surface area contributed by atoms with Crippen LogP contribution in [0.3, 0.4) is 0 Å². The molecule has 30 heavy (non-hydrogen) atoms. The number of nitrogens with zero attached hydrogens (tertiary/aromatic N) is 2. The van der Waals surface area contributed by atoms with Gasteiger partial charge in [0.1, 0.15) is 0 Å². The van der Waals surface area contributed by atoms with Crippen LogP contribution >= 0.6 is 24.0 Å². The predicted octanol–water partition coefficient (Wildman–Crippen LogP) is 3.62. The fourth-order valence-electron chi connectivity index (χ4n) is 3.50. The number of benzene rings is 1. The Balaban J connectivity index is 0.00000450. The zero-order chi connectivity index (χ0) is 21.4. The van der Waals surface area contributed by atoms with Crippen molar-refractivity contribution in [2.75, 3.05) is 19.6 Å². The van der Waals surface area contributed by atoms with E-state index >= 15 is 0 Å². The van der Waals surface area contributed by atoms with Crippen LogP contribution in [0.1, 0.15) is 63.9 Å². The summed E-state index contributed by atoms with van der Waals surface area (Å²) in [5.74, 6) is 1.39. The summed E-state index contributed by atoms with van der Waals surface area (Å²) in [6.07, 6.45) is 0.918. The number of aliphatic imine (C=N–C) groups is 1. The van der Waals surface area contributed by atoms with Crippen LogP contribution in [-0.4, -0.2) is 54.5 Å². The van der Waals surface area contributed by atoms with E-state index in [2.05, 4.69) is 55.5 Å². The number of hydrogen-bond donors (Lipinski definition) is 3. The average molecular weight is 530 g/mol. The normalized spacial score (nSPS) is 20.6. The minimum Gasteiger partial charge on any atom is -0.357 e.